The van der Waals surface area contributed by atoms with Gasteiger partial charge in [0, 0.05) is 12.3 Å². The first kappa shape index (κ1) is 15.0. The van der Waals surface area contributed by atoms with Crippen molar-refractivity contribution in [2.45, 2.75) is 52.0 Å². The van der Waals surface area contributed by atoms with E-state index >= 15 is 0 Å². The normalized spacial score (nSPS) is 27.9. The van der Waals surface area contributed by atoms with E-state index in [9.17, 15) is 8.42 Å². The predicted octanol–water partition coefficient (Wildman–Crippen LogP) is 2.23. The lowest BCUT2D eigenvalue weighted by Gasteiger charge is -2.27. The zero-order chi connectivity index (χ0) is 12.9. The van der Waals surface area contributed by atoms with E-state index in [0.29, 0.717) is 11.8 Å². The van der Waals surface area contributed by atoms with Crippen LogP contribution in [0.5, 0.6) is 0 Å². The number of hydrogen-bond donors (Lipinski definition) is 1. The molecule has 1 aliphatic rings. The van der Waals surface area contributed by atoms with Gasteiger partial charge in [0.05, 0.1) is 5.75 Å². The van der Waals surface area contributed by atoms with Gasteiger partial charge in [0.1, 0.15) is 9.84 Å². The average molecular weight is 261 g/mol. The first-order chi connectivity index (χ1) is 7.87. The lowest BCUT2D eigenvalue weighted by Crippen LogP contribution is -2.33. The Labute approximate surface area is 106 Å². The van der Waals surface area contributed by atoms with Gasteiger partial charge in [-0.1, -0.05) is 19.8 Å². The SMILES string of the molecule is CC1CCC(CN[C@@H](C)CCS(C)(=O)=O)CC1. The molecular weight excluding hydrogens is 234 g/mol. The number of hydrogen-bond acceptors (Lipinski definition) is 3. The number of rotatable bonds is 6. The molecule has 1 saturated carbocycles. The van der Waals surface area contributed by atoms with Crippen LogP contribution in [0.25, 0.3) is 0 Å². The van der Waals surface area contributed by atoms with Crippen molar-refractivity contribution >= 4 is 9.84 Å². The molecule has 0 aromatic rings. The van der Waals surface area contributed by atoms with Crippen LogP contribution in [0.15, 0.2) is 0 Å². The molecule has 1 atom stereocenters. The highest BCUT2D eigenvalue weighted by Crippen LogP contribution is 2.27. The number of nitrogens with one attached hydrogen (secondary N) is 1. The summed E-state index contributed by atoms with van der Waals surface area (Å²) in [6, 6.07) is 0.309. The third-order valence-corrected chi connectivity index (χ3v) is 4.79. The maximum absolute atomic E-state index is 11.0. The van der Waals surface area contributed by atoms with Crippen molar-refractivity contribution in [2.75, 3.05) is 18.6 Å². The fourth-order valence-electron chi connectivity index (χ4n) is 2.39. The van der Waals surface area contributed by atoms with Crippen molar-refractivity contribution in [1.29, 1.82) is 0 Å². The van der Waals surface area contributed by atoms with Crippen molar-refractivity contribution in [1.82, 2.24) is 5.32 Å². The molecule has 3 nitrogen and oxygen atoms in total. The standard InChI is InChI=1S/C13H27NO2S/c1-11-4-6-13(7-5-11)10-14-12(2)8-9-17(3,15)16/h11-14H,4-10H2,1-3H3/t11?,12-,13?/m0/s1. The Morgan fingerprint density at radius 1 is 1.24 bits per heavy atom. The molecule has 17 heavy (non-hydrogen) atoms. The Morgan fingerprint density at radius 3 is 2.35 bits per heavy atom. The summed E-state index contributed by atoms with van der Waals surface area (Å²) >= 11 is 0. The van der Waals surface area contributed by atoms with E-state index in [0.717, 1.165) is 24.8 Å². The molecule has 0 spiro atoms. The van der Waals surface area contributed by atoms with Gasteiger partial charge in [-0.3, -0.25) is 0 Å². The van der Waals surface area contributed by atoms with Gasteiger partial charge < -0.3 is 5.32 Å². The second-order valence-corrected chi connectivity index (χ2v) is 8.11. The van der Waals surface area contributed by atoms with Crippen LogP contribution in [0.4, 0.5) is 0 Å². The summed E-state index contributed by atoms with van der Waals surface area (Å²) in [6.45, 7) is 5.46. The molecule has 0 heterocycles. The predicted molar refractivity (Wildman–Crippen MR) is 72.9 cm³/mol. The molecule has 0 amide bonds. The van der Waals surface area contributed by atoms with Crippen molar-refractivity contribution in [3.05, 3.63) is 0 Å². The second kappa shape index (κ2) is 6.74. The highest BCUT2D eigenvalue weighted by molar-refractivity contribution is 7.90. The molecule has 0 aromatic heterocycles. The van der Waals surface area contributed by atoms with Crippen LogP contribution in [0.2, 0.25) is 0 Å². The maximum Gasteiger partial charge on any atom is 0.147 e. The van der Waals surface area contributed by atoms with Gasteiger partial charge in [-0.25, -0.2) is 8.42 Å². The molecule has 1 N–H and O–H groups in total. The summed E-state index contributed by atoms with van der Waals surface area (Å²) in [7, 11) is -2.81. The van der Waals surface area contributed by atoms with Crippen molar-refractivity contribution in [3.63, 3.8) is 0 Å². The quantitative estimate of drug-likeness (QED) is 0.797. The summed E-state index contributed by atoms with van der Waals surface area (Å²) in [5.41, 5.74) is 0. The summed E-state index contributed by atoms with van der Waals surface area (Å²) in [4.78, 5) is 0. The van der Waals surface area contributed by atoms with Gasteiger partial charge >= 0.3 is 0 Å². The van der Waals surface area contributed by atoms with Crippen molar-refractivity contribution < 1.29 is 8.42 Å². The third-order valence-electron chi connectivity index (χ3n) is 3.81. The van der Waals surface area contributed by atoms with E-state index in [1.54, 1.807) is 0 Å². The summed E-state index contributed by atoms with van der Waals surface area (Å²) in [5, 5.41) is 3.48. The van der Waals surface area contributed by atoms with Crippen LogP contribution >= 0.6 is 0 Å². The van der Waals surface area contributed by atoms with Gasteiger partial charge in [0.25, 0.3) is 0 Å². The van der Waals surface area contributed by atoms with Crippen LogP contribution in [0.1, 0.15) is 46.0 Å². The Bertz CT molecular complexity index is 305. The fourth-order valence-corrected chi connectivity index (χ4v) is 3.18. The topological polar surface area (TPSA) is 46.2 Å². The molecule has 4 heteroatoms. The van der Waals surface area contributed by atoms with E-state index in [1.807, 2.05) is 0 Å². The Hall–Kier alpha value is -0.0900. The molecule has 0 bridgehead atoms. The average Bonchev–Trinajstić information content (AvgIpc) is 2.25. The van der Waals surface area contributed by atoms with Gasteiger partial charge in [-0.2, -0.15) is 0 Å². The molecule has 0 saturated heterocycles. The van der Waals surface area contributed by atoms with Crippen LogP contribution in [-0.4, -0.2) is 33.0 Å². The molecule has 1 aliphatic carbocycles. The second-order valence-electron chi connectivity index (χ2n) is 5.85. The van der Waals surface area contributed by atoms with Gasteiger partial charge in [0.15, 0.2) is 0 Å². The van der Waals surface area contributed by atoms with Crippen molar-refractivity contribution in [3.8, 4) is 0 Å². The highest BCUT2D eigenvalue weighted by atomic mass is 32.2. The van der Waals surface area contributed by atoms with E-state index in [-0.39, 0.29) is 0 Å². The van der Waals surface area contributed by atoms with Crippen LogP contribution in [0, 0.1) is 11.8 Å². The van der Waals surface area contributed by atoms with Gasteiger partial charge in [-0.05, 0) is 44.6 Å². The fraction of sp³-hybridized carbons (Fsp3) is 1.00. The molecular formula is C13H27NO2S. The summed E-state index contributed by atoms with van der Waals surface area (Å²) < 4.78 is 22.1. The molecule has 1 fully saturated rings. The molecule has 0 aromatic carbocycles. The minimum Gasteiger partial charge on any atom is -0.314 e. The Balaban J connectivity index is 2.13. The highest BCUT2D eigenvalue weighted by Gasteiger charge is 2.18. The Morgan fingerprint density at radius 2 is 1.82 bits per heavy atom. The van der Waals surface area contributed by atoms with E-state index in [2.05, 4.69) is 19.2 Å². The van der Waals surface area contributed by atoms with Crippen LogP contribution in [-0.2, 0) is 9.84 Å². The minimum atomic E-state index is -2.81. The molecule has 1 rings (SSSR count). The third kappa shape index (κ3) is 7.04. The molecule has 0 unspecified atom stereocenters. The van der Waals surface area contributed by atoms with Crippen molar-refractivity contribution in [2.24, 2.45) is 11.8 Å². The molecule has 0 radical (unpaired) electrons. The zero-order valence-corrected chi connectivity index (χ0v) is 12.2. The largest absolute Gasteiger partial charge is 0.314 e. The first-order valence-corrected chi connectivity index (χ1v) is 8.84. The van der Waals surface area contributed by atoms with E-state index in [4.69, 9.17) is 0 Å². The van der Waals surface area contributed by atoms with Gasteiger partial charge in [-0.15, -0.1) is 0 Å². The van der Waals surface area contributed by atoms with Gasteiger partial charge in [0.2, 0.25) is 0 Å². The minimum absolute atomic E-state index is 0.295. The van der Waals surface area contributed by atoms with E-state index in [1.165, 1.54) is 31.9 Å². The summed E-state index contributed by atoms with van der Waals surface area (Å²) in [6.07, 6.45) is 7.39. The lowest BCUT2D eigenvalue weighted by molar-refractivity contribution is 0.275. The van der Waals surface area contributed by atoms with E-state index < -0.39 is 9.84 Å². The molecule has 0 aliphatic heterocycles. The number of sulfone groups is 1. The Kier molecular flexibility index (Phi) is 5.93. The monoisotopic (exact) mass is 261 g/mol. The summed E-state index contributed by atoms with van der Waals surface area (Å²) in [5.74, 6) is 1.99. The lowest BCUT2D eigenvalue weighted by atomic mass is 9.83. The smallest absolute Gasteiger partial charge is 0.147 e. The zero-order valence-electron chi connectivity index (χ0n) is 11.4. The molecule has 102 valence electrons. The van der Waals surface area contributed by atoms with Crippen LogP contribution in [0.3, 0.4) is 0 Å². The van der Waals surface area contributed by atoms with Crippen LogP contribution < -0.4 is 5.32 Å². The maximum atomic E-state index is 11.0. The first-order valence-electron chi connectivity index (χ1n) is 6.78.